The highest BCUT2D eigenvalue weighted by Gasteiger charge is 2.06. The van der Waals surface area contributed by atoms with Gasteiger partial charge in [-0.2, -0.15) is 0 Å². The lowest BCUT2D eigenvalue weighted by atomic mass is 10.1. The van der Waals surface area contributed by atoms with Gasteiger partial charge in [-0.15, -0.1) is 0 Å². The molecule has 0 unspecified atom stereocenters. The lowest BCUT2D eigenvalue weighted by Gasteiger charge is -2.00. The van der Waals surface area contributed by atoms with Gasteiger partial charge in [0.05, 0.1) is 0 Å². The van der Waals surface area contributed by atoms with E-state index in [1.165, 1.54) is 10.9 Å². The minimum atomic E-state index is 1.10. The fourth-order valence-corrected chi connectivity index (χ4v) is 2.81. The molecule has 1 heterocycles. The minimum Gasteiger partial charge on any atom is -0.354 e. The highest BCUT2D eigenvalue weighted by molar-refractivity contribution is 9.10. The minimum absolute atomic E-state index is 1.10. The third-order valence-electron chi connectivity index (χ3n) is 2.75. The van der Waals surface area contributed by atoms with Gasteiger partial charge < -0.3 is 4.98 Å². The summed E-state index contributed by atoms with van der Waals surface area (Å²) in [6, 6.07) is 16.6. The molecule has 0 fully saturated rings. The monoisotopic (exact) mass is 349 g/mol. The van der Waals surface area contributed by atoms with Crippen molar-refractivity contribution >= 4 is 42.8 Å². The molecule has 0 radical (unpaired) electrons. The number of hydrogen-bond acceptors (Lipinski definition) is 0. The Morgan fingerprint density at radius 1 is 0.882 bits per heavy atom. The molecule has 0 saturated carbocycles. The Hall–Kier alpha value is -1.06. The predicted molar refractivity (Wildman–Crippen MR) is 79.1 cm³/mol. The van der Waals surface area contributed by atoms with E-state index in [2.05, 4.69) is 67.2 Å². The summed E-state index contributed by atoms with van der Waals surface area (Å²) in [7, 11) is 0. The molecule has 0 aliphatic rings. The smallest absolute Gasteiger partial charge is 0.0476 e. The Balaban J connectivity index is 2.22. The van der Waals surface area contributed by atoms with Crippen LogP contribution in [0.4, 0.5) is 0 Å². The molecule has 2 aromatic carbocycles. The van der Waals surface area contributed by atoms with Crippen molar-refractivity contribution in [3.05, 3.63) is 57.5 Å². The molecule has 0 bridgehead atoms. The summed E-state index contributed by atoms with van der Waals surface area (Å²) in [6.07, 6.45) is 0. The Kier molecular flexibility index (Phi) is 2.81. The van der Waals surface area contributed by atoms with Gasteiger partial charge in [0.25, 0.3) is 0 Å². The van der Waals surface area contributed by atoms with E-state index in [4.69, 9.17) is 0 Å². The number of benzene rings is 2. The SMILES string of the molecule is Brc1ccc2[nH]c(-c3ccccc3Br)cc2c1. The molecule has 1 aromatic heterocycles. The number of hydrogen-bond donors (Lipinski definition) is 1. The Morgan fingerprint density at radius 3 is 2.53 bits per heavy atom. The normalized spacial score (nSPS) is 10.9. The third kappa shape index (κ3) is 2.05. The molecule has 3 rings (SSSR count). The molecule has 3 aromatic rings. The molecule has 0 amide bonds. The number of nitrogens with one attached hydrogen (secondary N) is 1. The number of H-pyrrole nitrogens is 1. The van der Waals surface area contributed by atoms with E-state index in [9.17, 15) is 0 Å². The van der Waals surface area contributed by atoms with E-state index >= 15 is 0 Å². The number of halogens is 2. The second-order valence-electron chi connectivity index (χ2n) is 3.89. The van der Waals surface area contributed by atoms with Crippen LogP contribution in [-0.2, 0) is 0 Å². The Bertz CT molecular complexity index is 686. The molecular weight excluding hydrogens is 342 g/mol. The summed E-state index contributed by atoms with van der Waals surface area (Å²) in [6.45, 7) is 0. The first kappa shape index (κ1) is 11.1. The van der Waals surface area contributed by atoms with E-state index < -0.39 is 0 Å². The molecule has 0 aliphatic carbocycles. The summed E-state index contributed by atoms with van der Waals surface area (Å²) in [5.74, 6) is 0. The van der Waals surface area contributed by atoms with Crippen molar-refractivity contribution in [2.75, 3.05) is 0 Å². The van der Waals surface area contributed by atoms with E-state index in [-0.39, 0.29) is 0 Å². The van der Waals surface area contributed by atoms with Crippen LogP contribution in [-0.4, -0.2) is 4.98 Å². The zero-order valence-corrected chi connectivity index (χ0v) is 12.0. The van der Waals surface area contributed by atoms with Crippen LogP contribution in [0.1, 0.15) is 0 Å². The van der Waals surface area contributed by atoms with Crippen LogP contribution in [0.15, 0.2) is 57.5 Å². The van der Waals surface area contributed by atoms with E-state index in [1.54, 1.807) is 0 Å². The van der Waals surface area contributed by atoms with Gasteiger partial charge in [-0.3, -0.25) is 0 Å². The quantitative estimate of drug-likeness (QED) is 0.608. The zero-order valence-electron chi connectivity index (χ0n) is 8.87. The summed E-state index contributed by atoms with van der Waals surface area (Å²) in [4.78, 5) is 3.43. The maximum Gasteiger partial charge on any atom is 0.0476 e. The highest BCUT2D eigenvalue weighted by Crippen LogP contribution is 2.30. The lowest BCUT2D eigenvalue weighted by molar-refractivity contribution is 1.44. The van der Waals surface area contributed by atoms with Gasteiger partial charge in [0.15, 0.2) is 0 Å². The van der Waals surface area contributed by atoms with Crippen molar-refractivity contribution in [1.29, 1.82) is 0 Å². The lowest BCUT2D eigenvalue weighted by Crippen LogP contribution is -1.77. The standard InChI is InChI=1S/C14H9Br2N/c15-10-5-6-13-9(7-10)8-14(17-13)11-3-1-2-4-12(11)16/h1-8,17H. The fraction of sp³-hybridized carbons (Fsp3) is 0. The molecule has 0 aliphatic heterocycles. The predicted octanol–water partition coefficient (Wildman–Crippen LogP) is 5.36. The summed E-state index contributed by atoms with van der Waals surface area (Å²) in [5.41, 5.74) is 3.46. The Morgan fingerprint density at radius 2 is 1.71 bits per heavy atom. The first-order valence-corrected chi connectivity index (χ1v) is 6.86. The van der Waals surface area contributed by atoms with Crippen molar-refractivity contribution in [2.45, 2.75) is 0 Å². The van der Waals surface area contributed by atoms with Gasteiger partial charge in [-0.05, 0) is 30.3 Å². The highest BCUT2D eigenvalue weighted by atomic mass is 79.9. The number of rotatable bonds is 1. The van der Waals surface area contributed by atoms with Gasteiger partial charge in [0.1, 0.15) is 0 Å². The van der Waals surface area contributed by atoms with Crippen LogP contribution >= 0.6 is 31.9 Å². The number of aromatic nitrogens is 1. The largest absolute Gasteiger partial charge is 0.354 e. The second kappa shape index (κ2) is 4.31. The number of aromatic amines is 1. The van der Waals surface area contributed by atoms with Crippen molar-refractivity contribution in [3.63, 3.8) is 0 Å². The van der Waals surface area contributed by atoms with Gasteiger partial charge in [-0.1, -0.05) is 50.1 Å². The van der Waals surface area contributed by atoms with Crippen LogP contribution in [0, 0.1) is 0 Å². The van der Waals surface area contributed by atoms with Crippen molar-refractivity contribution in [3.8, 4) is 11.3 Å². The molecule has 0 saturated heterocycles. The van der Waals surface area contributed by atoms with Crippen molar-refractivity contribution in [2.24, 2.45) is 0 Å². The molecule has 3 heteroatoms. The van der Waals surface area contributed by atoms with E-state index in [0.29, 0.717) is 0 Å². The second-order valence-corrected chi connectivity index (χ2v) is 5.66. The third-order valence-corrected chi connectivity index (χ3v) is 3.93. The zero-order chi connectivity index (χ0) is 11.8. The average Bonchev–Trinajstić information content (AvgIpc) is 2.72. The molecule has 84 valence electrons. The van der Waals surface area contributed by atoms with Crippen LogP contribution < -0.4 is 0 Å². The maximum absolute atomic E-state index is 3.58. The van der Waals surface area contributed by atoms with Gasteiger partial charge in [0, 0.05) is 31.1 Å². The summed E-state index contributed by atoms with van der Waals surface area (Å²) in [5, 5.41) is 1.21. The average molecular weight is 351 g/mol. The van der Waals surface area contributed by atoms with Crippen LogP contribution in [0.3, 0.4) is 0 Å². The first-order chi connectivity index (χ1) is 8.24. The van der Waals surface area contributed by atoms with Crippen molar-refractivity contribution in [1.82, 2.24) is 4.98 Å². The van der Waals surface area contributed by atoms with Gasteiger partial charge in [-0.25, -0.2) is 0 Å². The molecule has 0 atom stereocenters. The maximum atomic E-state index is 3.58. The van der Waals surface area contributed by atoms with Crippen molar-refractivity contribution < 1.29 is 0 Å². The molecule has 17 heavy (non-hydrogen) atoms. The van der Waals surface area contributed by atoms with Gasteiger partial charge in [0.2, 0.25) is 0 Å². The summed E-state index contributed by atoms with van der Waals surface area (Å²) >= 11 is 7.06. The van der Waals surface area contributed by atoms with Crippen LogP contribution in [0.25, 0.3) is 22.2 Å². The molecule has 0 spiro atoms. The summed E-state index contributed by atoms with van der Waals surface area (Å²) < 4.78 is 2.20. The molecule has 1 nitrogen and oxygen atoms in total. The first-order valence-electron chi connectivity index (χ1n) is 5.27. The fourth-order valence-electron chi connectivity index (χ4n) is 1.93. The Labute approximate surface area is 116 Å². The molecule has 1 N–H and O–H groups in total. The van der Waals surface area contributed by atoms with E-state index in [1.807, 2.05) is 18.2 Å². The van der Waals surface area contributed by atoms with Crippen LogP contribution in [0.5, 0.6) is 0 Å². The number of fused-ring (bicyclic) bond motifs is 1. The molecular formula is C14H9Br2N. The van der Waals surface area contributed by atoms with E-state index in [0.717, 1.165) is 20.2 Å². The van der Waals surface area contributed by atoms with Crippen LogP contribution in [0.2, 0.25) is 0 Å². The van der Waals surface area contributed by atoms with Gasteiger partial charge >= 0.3 is 0 Å². The topological polar surface area (TPSA) is 15.8 Å².